The molecule has 1 N–H and O–H groups in total. The highest BCUT2D eigenvalue weighted by molar-refractivity contribution is 5.03. The summed E-state index contributed by atoms with van der Waals surface area (Å²) >= 11 is 0. The van der Waals surface area contributed by atoms with Gasteiger partial charge in [0.15, 0.2) is 0 Å². The van der Waals surface area contributed by atoms with Gasteiger partial charge >= 0.3 is 0 Å². The van der Waals surface area contributed by atoms with E-state index in [2.05, 4.69) is 16.9 Å². The first-order chi connectivity index (χ1) is 8.36. The molecular weight excluding hydrogens is 208 g/mol. The second kappa shape index (κ2) is 6.83. The summed E-state index contributed by atoms with van der Waals surface area (Å²) in [7, 11) is 0. The number of hydrogen-bond donors (Lipinski definition) is 1. The number of aryl methyl sites for hydroxylation is 1. The molecule has 17 heavy (non-hydrogen) atoms. The van der Waals surface area contributed by atoms with Crippen molar-refractivity contribution in [1.82, 2.24) is 9.97 Å². The summed E-state index contributed by atoms with van der Waals surface area (Å²) in [5, 5.41) is 0. The molecule has 1 aliphatic rings. The number of imidazole rings is 1. The monoisotopic (exact) mass is 234 g/mol. The third-order valence-corrected chi connectivity index (χ3v) is 3.96. The highest BCUT2D eigenvalue weighted by Gasteiger charge is 2.14. The number of nitrogens with zero attached hydrogens (tertiary/aromatic N) is 1. The van der Waals surface area contributed by atoms with Gasteiger partial charge in [0.05, 0.1) is 0 Å². The molecule has 0 aromatic carbocycles. The van der Waals surface area contributed by atoms with Crippen LogP contribution in [0.25, 0.3) is 0 Å². The molecule has 0 amide bonds. The molecular formula is C15H26N2. The summed E-state index contributed by atoms with van der Waals surface area (Å²) in [5.41, 5.74) is 1.20. The van der Waals surface area contributed by atoms with E-state index in [4.69, 9.17) is 0 Å². The lowest BCUT2D eigenvalue weighted by molar-refractivity contribution is 0.497. The van der Waals surface area contributed by atoms with Crippen molar-refractivity contribution in [3.8, 4) is 0 Å². The normalized spacial score (nSPS) is 21.0. The number of nitrogens with one attached hydrogen (secondary N) is 1. The predicted molar refractivity (Wildman–Crippen MR) is 72.2 cm³/mol. The summed E-state index contributed by atoms with van der Waals surface area (Å²) in [6, 6.07) is 0. The molecule has 0 aliphatic heterocycles. The number of rotatable bonds is 1. The Kier molecular flexibility index (Phi) is 5.08. The zero-order valence-electron chi connectivity index (χ0n) is 11.2. The Balaban J connectivity index is 1.92. The Morgan fingerprint density at radius 1 is 0.941 bits per heavy atom. The van der Waals surface area contributed by atoms with Crippen LogP contribution in [0, 0.1) is 6.92 Å². The van der Waals surface area contributed by atoms with E-state index < -0.39 is 0 Å². The van der Waals surface area contributed by atoms with E-state index in [0.717, 1.165) is 0 Å². The Morgan fingerprint density at radius 2 is 1.47 bits per heavy atom. The summed E-state index contributed by atoms with van der Waals surface area (Å²) in [4.78, 5) is 7.97. The van der Waals surface area contributed by atoms with Gasteiger partial charge in [0.1, 0.15) is 5.82 Å². The summed E-state index contributed by atoms with van der Waals surface area (Å²) in [6.07, 6.45) is 16.0. The van der Waals surface area contributed by atoms with Crippen LogP contribution in [0.2, 0.25) is 0 Å². The lowest BCUT2D eigenvalue weighted by atomic mass is 9.95. The van der Waals surface area contributed by atoms with Crippen molar-refractivity contribution in [3.63, 3.8) is 0 Å². The van der Waals surface area contributed by atoms with Crippen molar-refractivity contribution in [2.45, 2.75) is 77.0 Å². The maximum absolute atomic E-state index is 4.53. The van der Waals surface area contributed by atoms with Gasteiger partial charge in [-0.15, -0.1) is 0 Å². The minimum Gasteiger partial charge on any atom is -0.346 e. The molecule has 96 valence electrons. The zero-order chi connectivity index (χ0) is 11.9. The maximum atomic E-state index is 4.53. The molecule has 0 spiro atoms. The van der Waals surface area contributed by atoms with E-state index in [1.54, 1.807) is 0 Å². The molecule has 0 radical (unpaired) electrons. The van der Waals surface area contributed by atoms with Crippen LogP contribution >= 0.6 is 0 Å². The van der Waals surface area contributed by atoms with Crippen LogP contribution in [0.15, 0.2) is 6.20 Å². The lowest BCUT2D eigenvalue weighted by Gasteiger charge is -2.13. The van der Waals surface area contributed by atoms with E-state index in [-0.39, 0.29) is 0 Å². The quantitative estimate of drug-likeness (QED) is 0.748. The van der Waals surface area contributed by atoms with Gasteiger partial charge in [0.25, 0.3) is 0 Å². The van der Waals surface area contributed by atoms with Crippen molar-refractivity contribution in [2.75, 3.05) is 0 Å². The molecule has 1 aromatic rings. The molecule has 0 bridgehead atoms. The molecule has 1 aliphatic carbocycles. The van der Waals surface area contributed by atoms with Gasteiger partial charge in [0, 0.05) is 17.8 Å². The van der Waals surface area contributed by atoms with E-state index in [1.165, 1.54) is 75.7 Å². The van der Waals surface area contributed by atoms with Crippen LogP contribution in [0.5, 0.6) is 0 Å². The second-order valence-corrected chi connectivity index (χ2v) is 5.55. The highest BCUT2D eigenvalue weighted by atomic mass is 14.9. The molecule has 1 fully saturated rings. The molecule has 2 nitrogen and oxygen atoms in total. The van der Waals surface area contributed by atoms with Gasteiger partial charge in [-0.3, -0.25) is 0 Å². The molecule has 1 saturated carbocycles. The lowest BCUT2D eigenvalue weighted by Crippen LogP contribution is -2.02. The maximum Gasteiger partial charge on any atom is 0.109 e. The fourth-order valence-corrected chi connectivity index (χ4v) is 2.90. The van der Waals surface area contributed by atoms with Crippen LogP contribution < -0.4 is 0 Å². The number of H-pyrrole nitrogens is 1. The largest absolute Gasteiger partial charge is 0.346 e. The average Bonchev–Trinajstić information content (AvgIpc) is 2.72. The predicted octanol–water partition coefficient (Wildman–Crippen LogP) is 4.72. The van der Waals surface area contributed by atoms with Gasteiger partial charge in [-0.25, -0.2) is 4.98 Å². The number of hydrogen-bond acceptors (Lipinski definition) is 1. The van der Waals surface area contributed by atoms with Crippen LogP contribution in [0.1, 0.15) is 81.6 Å². The first-order valence-electron chi connectivity index (χ1n) is 7.38. The summed E-state index contributed by atoms with van der Waals surface area (Å²) < 4.78 is 0. The molecule has 1 aromatic heterocycles. The summed E-state index contributed by atoms with van der Waals surface area (Å²) in [5.74, 6) is 1.92. The SMILES string of the molecule is Cc1cnc(C2CCCCCCCCCC2)[nH]1. The van der Waals surface area contributed by atoms with Crippen molar-refractivity contribution in [3.05, 3.63) is 17.7 Å². The van der Waals surface area contributed by atoms with E-state index in [0.29, 0.717) is 5.92 Å². The van der Waals surface area contributed by atoms with Crippen molar-refractivity contribution in [2.24, 2.45) is 0 Å². The van der Waals surface area contributed by atoms with Crippen LogP contribution in [0.3, 0.4) is 0 Å². The topological polar surface area (TPSA) is 28.7 Å². The highest BCUT2D eigenvalue weighted by Crippen LogP contribution is 2.27. The fraction of sp³-hybridized carbons (Fsp3) is 0.800. The zero-order valence-corrected chi connectivity index (χ0v) is 11.2. The van der Waals surface area contributed by atoms with Crippen molar-refractivity contribution >= 4 is 0 Å². The minimum absolute atomic E-state index is 0.682. The Morgan fingerprint density at radius 3 is 1.94 bits per heavy atom. The standard InChI is InChI=1S/C15H26N2/c1-13-12-16-15(17-13)14-10-8-6-4-2-3-5-7-9-11-14/h12,14H,2-11H2,1H3,(H,16,17). The van der Waals surface area contributed by atoms with E-state index >= 15 is 0 Å². The third kappa shape index (κ3) is 4.18. The van der Waals surface area contributed by atoms with Gasteiger partial charge in [-0.1, -0.05) is 51.4 Å². The molecule has 2 rings (SSSR count). The number of aromatic amines is 1. The van der Waals surface area contributed by atoms with Gasteiger partial charge < -0.3 is 4.98 Å². The second-order valence-electron chi connectivity index (χ2n) is 5.55. The molecule has 0 saturated heterocycles. The van der Waals surface area contributed by atoms with Crippen LogP contribution in [-0.4, -0.2) is 9.97 Å². The minimum atomic E-state index is 0.682. The van der Waals surface area contributed by atoms with E-state index in [9.17, 15) is 0 Å². The van der Waals surface area contributed by atoms with Crippen molar-refractivity contribution in [1.29, 1.82) is 0 Å². The van der Waals surface area contributed by atoms with Gasteiger partial charge in [-0.2, -0.15) is 0 Å². The third-order valence-electron chi connectivity index (χ3n) is 3.96. The average molecular weight is 234 g/mol. The molecule has 0 atom stereocenters. The number of aromatic nitrogens is 2. The molecule has 0 unspecified atom stereocenters. The molecule has 1 heterocycles. The van der Waals surface area contributed by atoms with Gasteiger partial charge in [0.2, 0.25) is 0 Å². The Hall–Kier alpha value is -0.790. The van der Waals surface area contributed by atoms with Gasteiger partial charge in [-0.05, 0) is 19.8 Å². The van der Waals surface area contributed by atoms with Crippen LogP contribution in [0.4, 0.5) is 0 Å². The Labute approximate surface area is 105 Å². The van der Waals surface area contributed by atoms with Crippen molar-refractivity contribution < 1.29 is 0 Å². The fourth-order valence-electron chi connectivity index (χ4n) is 2.90. The Bertz CT molecular complexity index is 304. The summed E-state index contributed by atoms with van der Waals surface area (Å²) in [6.45, 7) is 2.10. The molecule has 2 heteroatoms. The first kappa shape index (κ1) is 12.7. The smallest absolute Gasteiger partial charge is 0.109 e. The van der Waals surface area contributed by atoms with Crippen LogP contribution in [-0.2, 0) is 0 Å². The van der Waals surface area contributed by atoms with E-state index in [1.807, 2.05) is 6.20 Å². The first-order valence-corrected chi connectivity index (χ1v) is 7.38.